The molecule has 3 heterocycles. The van der Waals surface area contributed by atoms with Crippen LogP contribution in [0, 0.1) is 0 Å². The molecule has 7 nitrogen and oxygen atoms in total. The number of thioether (sulfide) groups is 1. The molecular weight excluding hydrogens is 442 g/mol. The van der Waals surface area contributed by atoms with Crippen LogP contribution in [0.15, 0.2) is 78.0 Å². The molecule has 9 heteroatoms. The van der Waals surface area contributed by atoms with E-state index < -0.39 is 0 Å². The number of H-pyrrole nitrogens is 2. The number of carbonyl (C=O) groups excluding carboxylic acids is 2. The zero-order valence-electron chi connectivity index (χ0n) is 16.6. The first kappa shape index (κ1) is 21.4. The van der Waals surface area contributed by atoms with Gasteiger partial charge in [-0.1, -0.05) is 84.6 Å². The third kappa shape index (κ3) is 4.90. The first-order valence-corrected chi connectivity index (χ1v) is 10.8. The maximum Gasteiger partial charge on any atom is 0.263 e. The van der Waals surface area contributed by atoms with Gasteiger partial charge in [-0.3, -0.25) is 19.8 Å². The Balaban J connectivity index is 0.000000165. The van der Waals surface area contributed by atoms with Gasteiger partial charge in [0, 0.05) is 29.1 Å². The molecule has 32 heavy (non-hydrogen) atoms. The van der Waals surface area contributed by atoms with Gasteiger partial charge >= 0.3 is 0 Å². The Bertz CT molecular complexity index is 1280. The molecule has 1 fully saturated rings. The minimum atomic E-state index is -0.157. The van der Waals surface area contributed by atoms with E-state index in [0.29, 0.717) is 20.5 Å². The van der Waals surface area contributed by atoms with Gasteiger partial charge in [-0.15, -0.1) is 0 Å². The van der Waals surface area contributed by atoms with E-state index in [1.807, 2.05) is 60.7 Å². The van der Waals surface area contributed by atoms with E-state index in [0.717, 1.165) is 28.7 Å². The van der Waals surface area contributed by atoms with Crippen molar-refractivity contribution in [3.05, 3.63) is 89.1 Å². The molecule has 158 valence electrons. The molecule has 0 saturated carbocycles. The number of carbonyl (C=O) groups is 2. The summed E-state index contributed by atoms with van der Waals surface area (Å²) in [5, 5.41) is 16.3. The number of aldehydes is 1. The third-order valence-electron chi connectivity index (χ3n) is 4.49. The highest BCUT2D eigenvalue weighted by Crippen LogP contribution is 2.29. The third-order valence-corrected chi connectivity index (χ3v) is 5.65. The van der Waals surface area contributed by atoms with Crippen molar-refractivity contribution in [1.29, 1.82) is 0 Å². The summed E-state index contributed by atoms with van der Waals surface area (Å²) in [7, 11) is 0. The number of hydrogen-bond donors (Lipinski definition) is 3. The molecule has 0 unspecified atom stereocenters. The molecule has 1 aliphatic heterocycles. The van der Waals surface area contributed by atoms with Crippen LogP contribution in [0.3, 0.4) is 0 Å². The predicted octanol–water partition coefficient (Wildman–Crippen LogP) is 4.45. The highest BCUT2D eigenvalue weighted by Gasteiger charge is 2.22. The summed E-state index contributed by atoms with van der Waals surface area (Å²) in [5.41, 5.74) is 4.93. The normalized spacial score (nSPS) is 14.1. The number of benzene rings is 2. The van der Waals surface area contributed by atoms with Crippen molar-refractivity contribution in [2.75, 3.05) is 0 Å². The lowest BCUT2D eigenvalue weighted by molar-refractivity contribution is -0.115. The highest BCUT2D eigenvalue weighted by molar-refractivity contribution is 8.26. The molecule has 4 aromatic rings. The Morgan fingerprint density at radius 2 is 1.34 bits per heavy atom. The van der Waals surface area contributed by atoms with E-state index in [2.05, 4.69) is 25.7 Å². The maximum atomic E-state index is 11.6. The average molecular weight is 460 g/mol. The summed E-state index contributed by atoms with van der Waals surface area (Å²) < 4.78 is 0.487. The molecule has 1 aliphatic rings. The first-order chi connectivity index (χ1) is 15.7. The Morgan fingerprint density at radius 1 is 0.812 bits per heavy atom. The fourth-order valence-corrected chi connectivity index (χ4v) is 4.05. The summed E-state index contributed by atoms with van der Waals surface area (Å²) in [6.07, 6.45) is 5.96. The lowest BCUT2D eigenvalue weighted by atomic mass is 10.1. The number of hydrogen-bond acceptors (Lipinski definition) is 6. The Morgan fingerprint density at radius 3 is 1.84 bits per heavy atom. The number of thiocarbonyl (C=S) groups is 1. The summed E-state index contributed by atoms with van der Waals surface area (Å²) in [4.78, 5) is 22.8. The molecular formula is C23H17N5O2S2. The van der Waals surface area contributed by atoms with E-state index in [-0.39, 0.29) is 5.91 Å². The zero-order valence-corrected chi connectivity index (χ0v) is 18.2. The van der Waals surface area contributed by atoms with Crippen molar-refractivity contribution >= 4 is 46.6 Å². The highest BCUT2D eigenvalue weighted by atomic mass is 32.2. The topological polar surface area (TPSA) is 104 Å². The molecule has 0 aliphatic carbocycles. The van der Waals surface area contributed by atoms with Crippen LogP contribution in [0.2, 0.25) is 0 Å². The van der Waals surface area contributed by atoms with E-state index >= 15 is 0 Å². The largest absolute Gasteiger partial charge is 0.307 e. The van der Waals surface area contributed by atoms with Crippen molar-refractivity contribution in [2.45, 2.75) is 0 Å². The summed E-state index contributed by atoms with van der Waals surface area (Å²) >= 11 is 6.23. The standard InChI is InChI=1S/C13H9N3OS2.C10H8N2O/c17-12-10(19-13(18)15-12)6-9-7-14-16-11(9)8-4-2-1-3-5-8;13-7-9-6-11-12-10(9)8-4-2-1-3-5-8/h1-7H,(H,14,16)(H,15,17,18);1-7H,(H,11,12). The molecule has 0 radical (unpaired) electrons. The Hall–Kier alpha value is -3.82. The minimum Gasteiger partial charge on any atom is -0.307 e. The van der Waals surface area contributed by atoms with Crippen LogP contribution in [-0.4, -0.2) is 36.9 Å². The van der Waals surface area contributed by atoms with Crippen molar-refractivity contribution in [2.24, 2.45) is 0 Å². The van der Waals surface area contributed by atoms with E-state index in [1.165, 1.54) is 11.8 Å². The molecule has 1 saturated heterocycles. The summed E-state index contributed by atoms with van der Waals surface area (Å²) in [6, 6.07) is 19.4. The molecule has 5 rings (SSSR count). The van der Waals surface area contributed by atoms with E-state index in [1.54, 1.807) is 18.5 Å². The number of nitrogens with one attached hydrogen (secondary N) is 3. The number of aromatic amines is 2. The van der Waals surface area contributed by atoms with Gasteiger partial charge < -0.3 is 5.32 Å². The number of amides is 1. The maximum absolute atomic E-state index is 11.6. The second kappa shape index (κ2) is 9.99. The van der Waals surface area contributed by atoms with E-state index in [4.69, 9.17) is 12.2 Å². The van der Waals surface area contributed by atoms with Crippen molar-refractivity contribution in [1.82, 2.24) is 25.7 Å². The van der Waals surface area contributed by atoms with Gasteiger partial charge in [0.05, 0.1) is 16.2 Å². The predicted molar refractivity (Wildman–Crippen MR) is 130 cm³/mol. The van der Waals surface area contributed by atoms with Crippen molar-refractivity contribution in [3.63, 3.8) is 0 Å². The monoisotopic (exact) mass is 459 g/mol. The zero-order chi connectivity index (χ0) is 22.3. The van der Waals surface area contributed by atoms with Gasteiger partial charge in [-0.05, 0) is 6.08 Å². The molecule has 0 atom stereocenters. The van der Waals surface area contributed by atoms with Gasteiger partial charge in [-0.2, -0.15) is 10.2 Å². The van der Waals surface area contributed by atoms with Gasteiger partial charge in [0.1, 0.15) is 10.0 Å². The van der Waals surface area contributed by atoms with Crippen LogP contribution in [0.25, 0.3) is 28.6 Å². The first-order valence-electron chi connectivity index (χ1n) is 9.54. The van der Waals surface area contributed by atoms with Gasteiger partial charge in [0.15, 0.2) is 6.29 Å². The van der Waals surface area contributed by atoms with Gasteiger partial charge in [-0.25, -0.2) is 0 Å². The SMILES string of the molecule is O=C1NC(=S)SC1=Cc1c[nH]nc1-c1ccccc1.O=Cc1c[nH]nc1-c1ccccc1. The summed E-state index contributed by atoms with van der Waals surface area (Å²) in [6.45, 7) is 0. The Kier molecular flexibility index (Phi) is 6.69. The lowest BCUT2D eigenvalue weighted by Gasteiger charge is -1.98. The van der Waals surface area contributed by atoms with Crippen molar-refractivity contribution in [3.8, 4) is 22.5 Å². The molecule has 1 amide bonds. The summed E-state index contributed by atoms with van der Waals surface area (Å²) in [5.74, 6) is -0.157. The number of rotatable bonds is 4. The molecule has 0 spiro atoms. The van der Waals surface area contributed by atoms with Crippen LogP contribution in [0.1, 0.15) is 15.9 Å². The van der Waals surface area contributed by atoms with Gasteiger partial charge in [0.25, 0.3) is 5.91 Å². The smallest absolute Gasteiger partial charge is 0.263 e. The molecule has 2 aromatic heterocycles. The van der Waals surface area contributed by atoms with Crippen LogP contribution in [0.4, 0.5) is 0 Å². The van der Waals surface area contributed by atoms with Crippen LogP contribution in [0.5, 0.6) is 0 Å². The van der Waals surface area contributed by atoms with Crippen LogP contribution < -0.4 is 5.32 Å². The minimum absolute atomic E-state index is 0.157. The molecule has 3 N–H and O–H groups in total. The second-order valence-electron chi connectivity index (χ2n) is 6.58. The van der Waals surface area contributed by atoms with Crippen LogP contribution >= 0.6 is 24.0 Å². The quantitative estimate of drug-likeness (QED) is 0.237. The fraction of sp³-hybridized carbons (Fsp3) is 0. The fourth-order valence-electron chi connectivity index (χ4n) is 3.02. The number of nitrogens with zero attached hydrogens (tertiary/aromatic N) is 2. The molecule has 2 aromatic carbocycles. The number of aromatic nitrogens is 4. The second-order valence-corrected chi connectivity index (χ2v) is 8.30. The Labute approximate surface area is 193 Å². The van der Waals surface area contributed by atoms with E-state index in [9.17, 15) is 9.59 Å². The lowest BCUT2D eigenvalue weighted by Crippen LogP contribution is -2.17. The molecule has 0 bridgehead atoms. The van der Waals surface area contributed by atoms with Crippen LogP contribution in [-0.2, 0) is 4.79 Å². The van der Waals surface area contributed by atoms with Crippen molar-refractivity contribution < 1.29 is 9.59 Å². The van der Waals surface area contributed by atoms with Gasteiger partial charge in [0.2, 0.25) is 0 Å². The average Bonchev–Trinajstić information content (AvgIpc) is 3.56.